The number of unbranched alkanes of at least 4 members (excludes halogenated alkanes) is 1. The van der Waals surface area contributed by atoms with Crippen LogP contribution in [0.15, 0.2) is 36.4 Å². The summed E-state index contributed by atoms with van der Waals surface area (Å²) in [5, 5.41) is 2.77. The molecule has 0 spiro atoms. The summed E-state index contributed by atoms with van der Waals surface area (Å²) in [6.07, 6.45) is 3.81. The van der Waals surface area contributed by atoms with Gasteiger partial charge in [-0.1, -0.05) is 25.8 Å². The first-order valence-electron chi connectivity index (χ1n) is 5.04. The molecule has 2 aromatic rings. The molecule has 0 fully saturated rings. The maximum absolute atomic E-state index is 2.31. The van der Waals surface area contributed by atoms with E-state index in [4.69, 9.17) is 0 Å². The zero-order valence-electron chi connectivity index (χ0n) is 9.72. The van der Waals surface area contributed by atoms with Gasteiger partial charge >= 0.3 is 26.2 Å². The third-order valence-corrected chi connectivity index (χ3v) is 2.50. The Labute approximate surface area is 119 Å². The van der Waals surface area contributed by atoms with Gasteiger partial charge in [0.05, 0.1) is 0 Å². The van der Waals surface area contributed by atoms with Crippen molar-refractivity contribution in [3.05, 3.63) is 42.0 Å². The predicted molar refractivity (Wildman–Crippen MR) is 58.2 cm³/mol. The molecule has 0 heterocycles. The van der Waals surface area contributed by atoms with Crippen molar-refractivity contribution in [1.82, 2.24) is 0 Å². The normalized spacial score (nSPS) is 8.29. The molecule has 0 bridgehead atoms. The van der Waals surface area contributed by atoms with Crippen molar-refractivity contribution in [3.63, 3.8) is 0 Å². The monoisotopic (exact) mass is 318 g/mol. The van der Waals surface area contributed by atoms with Gasteiger partial charge in [-0.15, -0.1) is 40.6 Å². The Morgan fingerprint density at radius 3 is 2.29 bits per heavy atom. The summed E-state index contributed by atoms with van der Waals surface area (Å²) in [4.78, 5) is 0. The maximum Gasteiger partial charge on any atom is 4.00 e. The average Bonchev–Trinajstić information content (AvgIpc) is 2.57. The third-order valence-electron chi connectivity index (χ3n) is 2.50. The molecule has 0 aromatic heterocycles. The Morgan fingerprint density at radius 2 is 1.71 bits per heavy atom. The van der Waals surface area contributed by atoms with Crippen LogP contribution in [0.2, 0.25) is 0 Å². The van der Waals surface area contributed by atoms with Crippen molar-refractivity contribution in [2.75, 3.05) is 0 Å². The SMILES string of the molecule is CCCCc1cc2ccccc2[cH-]1.[F-].[F-].[F-].[Zr+4]. The summed E-state index contributed by atoms with van der Waals surface area (Å²) in [5.74, 6) is 0. The molecule has 2 rings (SSSR count). The summed E-state index contributed by atoms with van der Waals surface area (Å²) in [7, 11) is 0. The molecule has 0 radical (unpaired) electrons. The standard InChI is InChI=1S/C13H15.3FH.Zr/c1-2-3-6-11-9-12-7-4-5-8-13(12)10-11;;;;/h4-5,7-10H,2-3,6H2,1H3;3*1H;/q-1;;;;+4/p-3. The van der Waals surface area contributed by atoms with Gasteiger partial charge in [-0.2, -0.15) is 6.07 Å². The summed E-state index contributed by atoms with van der Waals surface area (Å²) in [6, 6.07) is 13.2. The van der Waals surface area contributed by atoms with Gasteiger partial charge in [-0.3, -0.25) is 0 Å². The van der Waals surface area contributed by atoms with E-state index in [2.05, 4.69) is 43.3 Å². The number of rotatable bonds is 3. The quantitative estimate of drug-likeness (QED) is 0.497. The molecule has 17 heavy (non-hydrogen) atoms. The molecule has 0 nitrogen and oxygen atoms in total. The van der Waals surface area contributed by atoms with Gasteiger partial charge in [0, 0.05) is 0 Å². The number of hydrogen-bond donors (Lipinski definition) is 0. The largest absolute Gasteiger partial charge is 4.00 e. The van der Waals surface area contributed by atoms with E-state index in [0.29, 0.717) is 0 Å². The molecule has 0 aliphatic carbocycles. The van der Waals surface area contributed by atoms with Crippen LogP contribution in [-0.2, 0) is 32.6 Å². The second-order valence-corrected chi connectivity index (χ2v) is 3.60. The Balaban J connectivity index is -0.000000490. The minimum atomic E-state index is 0. The predicted octanol–water partition coefficient (Wildman–Crippen LogP) is -5.09. The van der Waals surface area contributed by atoms with Gasteiger partial charge in [0.2, 0.25) is 0 Å². The minimum Gasteiger partial charge on any atom is -1.00 e. The molecule has 0 saturated carbocycles. The number of hydrogen-bond acceptors (Lipinski definition) is 0. The van der Waals surface area contributed by atoms with Crippen LogP contribution in [-0.4, -0.2) is 0 Å². The Kier molecular flexibility index (Phi) is 13.6. The molecule has 0 N–H and O–H groups in total. The molecule has 0 aliphatic heterocycles. The van der Waals surface area contributed by atoms with Crippen molar-refractivity contribution in [1.29, 1.82) is 0 Å². The molecule has 0 amide bonds. The number of fused-ring (bicyclic) bond motifs is 1. The molecule has 0 aliphatic rings. The zero-order valence-corrected chi connectivity index (χ0v) is 12.2. The van der Waals surface area contributed by atoms with E-state index in [0.717, 1.165) is 0 Å². The molecule has 2 aromatic carbocycles. The fourth-order valence-electron chi connectivity index (χ4n) is 1.74. The number of aryl methyl sites for hydroxylation is 1. The van der Waals surface area contributed by atoms with E-state index in [1.807, 2.05) is 0 Å². The molecule has 0 saturated heterocycles. The van der Waals surface area contributed by atoms with E-state index in [9.17, 15) is 0 Å². The second kappa shape index (κ2) is 10.6. The zero-order chi connectivity index (χ0) is 9.10. The number of benzene rings is 1. The first-order valence-corrected chi connectivity index (χ1v) is 5.04. The van der Waals surface area contributed by atoms with Crippen LogP contribution in [0.3, 0.4) is 0 Å². The first kappa shape index (κ1) is 21.8. The van der Waals surface area contributed by atoms with Crippen molar-refractivity contribution in [3.8, 4) is 0 Å². The van der Waals surface area contributed by atoms with Gasteiger partial charge in [0.15, 0.2) is 0 Å². The van der Waals surface area contributed by atoms with Crippen molar-refractivity contribution in [2.24, 2.45) is 0 Å². The summed E-state index contributed by atoms with van der Waals surface area (Å²) >= 11 is 0. The third kappa shape index (κ3) is 5.58. The Hall–Kier alpha value is -0.497. The van der Waals surface area contributed by atoms with Crippen LogP contribution < -0.4 is 14.1 Å². The Morgan fingerprint density at radius 1 is 1.06 bits per heavy atom. The van der Waals surface area contributed by atoms with Crippen LogP contribution in [0, 0.1) is 0 Å². The molecule has 0 unspecified atom stereocenters. The van der Waals surface area contributed by atoms with Crippen LogP contribution in [0.4, 0.5) is 0 Å². The average molecular weight is 319 g/mol. The molecule has 0 atom stereocenters. The van der Waals surface area contributed by atoms with Crippen LogP contribution in [0.5, 0.6) is 0 Å². The molecule has 4 heteroatoms. The maximum atomic E-state index is 2.31. The van der Waals surface area contributed by atoms with Gasteiger partial charge in [-0.25, -0.2) is 0 Å². The molecular weight excluding hydrogens is 304 g/mol. The summed E-state index contributed by atoms with van der Waals surface area (Å²) in [6.45, 7) is 2.24. The minimum absolute atomic E-state index is 0. The van der Waals surface area contributed by atoms with Crippen LogP contribution in [0.1, 0.15) is 25.3 Å². The fourth-order valence-corrected chi connectivity index (χ4v) is 1.74. The van der Waals surface area contributed by atoms with E-state index in [1.54, 1.807) is 0 Å². The van der Waals surface area contributed by atoms with E-state index in [-0.39, 0.29) is 40.3 Å². The van der Waals surface area contributed by atoms with E-state index >= 15 is 0 Å². The number of halogens is 3. The molecule has 92 valence electrons. The fraction of sp³-hybridized carbons (Fsp3) is 0.308. The van der Waals surface area contributed by atoms with Crippen LogP contribution in [0.25, 0.3) is 10.8 Å². The van der Waals surface area contributed by atoms with E-state index < -0.39 is 0 Å². The first-order chi connectivity index (χ1) is 6.40. The van der Waals surface area contributed by atoms with Crippen molar-refractivity contribution >= 4 is 10.8 Å². The van der Waals surface area contributed by atoms with Gasteiger partial charge in [0.1, 0.15) is 0 Å². The summed E-state index contributed by atoms with van der Waals surface area (Å²) < 4.78 is 0. The Bertz CT molecular complexity index is 365. The van der Waals surface area contributed by atoms with Crippen molar-refractivity contribution in [2.45, 2.75) is 26.2 Å². The van der Waals surface area contributed by atoms with Crippen molar-refractivity contribution < 1.29 is 40.3 Å². The van der Waals surface area contributed by atoms with Gasteiger partial charge in [0.25, 0.3) is 0 Å². The van der Waals surface area contributed by atoms with Gasteiger partial charge in [-0.05, 0) is 6.42 Å². The smallest absolute Gasteiger partial charge is 1.00 e. The summed E-state index contributed by atoms with van der Waals surface area (Å²) in [5.41, 5.74) is 1.49. The second-order valence-electron chi connectivity index (χ2n) is 3.60. The van der Waals surface area contributed by atoms with E-state index in [1.165, 1.54) is 35.6 Å². The molecular formula is C13H15F3Zr. The van der Waals surface area contributed by atoms with Crippen LogP contribution >= 0.6 is 0 Å². The topological polar surface area (TPSA) is 0 Å². The van der Waals surface area contributed by atoms with Gasteiger partial charge < -0.3 is 14.1 Å².